The molecular formula is C21H26F4N6. The van der Waals surface area contributed by atoms with E-state index in [1.807, 2.05) is 12.1 Å². The number of aromatic nitrogens is 1. The zero-order valence-corrected chi connectivity index (χ0v) is 17.5. The van der Waals surface area contributed by atoms with Crippen LogP contribution in [0.15, 0.2) is 41.5 Å². The minimum absolute atomic E-state index is 0.0573. The van der Waals surface area contributed by atoms with Crippen molar-refractivity contribution in [2.75, 3.05) is 45.2 Å². The Morgan fingerprint density at radius 2 is 1.77 bits per heavy atom. The minimum Gasteiger partial charge on any atom is -0.354 e. The monoisotopic (exact) mass is 438 g/mol. The minimum atomic E-state index is -4.63. The fraction of sp³-hybridized carbons (Fsp3) is 0.429. The van der Waals surface area contributed by atoms with Gasteiger partial charge < -0.3 is 20.4 Å². The van der Waals surface area contributed by atoms with Crippen LogP contribution in [0.25, 0.3) is 0 Å². The molecular weight excluding hydrogens is 412 g/mol. The number of aliphatic imine (C=N–C) groups is 1. The maximum Gasteiger partial charge on any atom is 0.416 e. The van der Waals surface area contributed by atoms with Gasteiger partial charge in [-0.15, -0.1) is 0 Å². The molecule has 0 unspecified atom stereocenters. The third-order valence-electron chi connectivity index (χ3n) is 5.14. The van der Waals surface area contributed by atoms with Crippen molar-refractivity contribution >= 4 is 11.8 Å². The van der Waals surface area contributed by atoms with Gasteiger partial charge in [0, 0.05) is 52.5 Å². The second-order valence-corrected chi connectivity index (χ2v) is 7.39. The fourth-order valence-corrected chi connectivity index (χ4v) is 3.33. The fourth-order valence-electron chi connectivity index (χ4n) is 3.33. The molecule has 1 aliphatic rings. The quantitative estimate of drug-likeness (QED) is 0.427. The highest BCUT2D eigenvalue weighted by Crippen LogP contribution is 2.32. The van der Waals surface area contributed by atoms with Crippen LogP contribution in [-0.2, 0) is 19.3 Å². The highest BCUT2D eigenvalue weighted by molar-refractivity contribution is 5.79. The Morgan fingerprint density at radius 3 is 2.45 bits per heavy atom. The number of hydrogen-bond acceptors (Lipinski definition) is 4. The molecule has 0 amide bonds. The summed E-state index contributed by atoms with van der Waals surface area (Å²) in [5.41, 5.74) is -0.0795. The van der Waals surface area contributed by atoms with E-state index in [0.29, 0.717) is 18.6 Å². The van der Waals surface area contributed by atoms with Crippen LogP contribution in [0.2, 0.25) is 0 Å². The molecule has 10 heteroatoms. The Hall–Kier alpha value is -2.88. The van der Waals surface area contributed by atoms with Crippen LogP contribution in [0.3, 0.4) is 0 Å². The number of guanidine groups is 1. The summed E-state index contributed by atoms with van der Waals surface area (Å²) < 4.78 is 52.8. The molecule has 1 saturated heterocycles. The number of nitrogens with zero attached hydrogens (tertiary/aromatic N) is 4. The number of anilines is 1. The highest BCUT2D eigenvalue weighted by Gasteiger charge is 2.33. The van der Waals surface area contributed by atoms with Gasteiger partial charge in [0.1, 0.15) is 11.6 Å². The first-order valence-electron chi connectivity index (χ1n) is 9.95. The Morgan fingerprint density at radius 1 is 1.06 bits per heavy atom. The molecule has 168 valence electrons. The van der Waals surface area contributed by atoms with E-state index >= 15 is 0 Å². The summed E-state index contributed by atoms with van der Waals surface area (Å²) in [6, 6.07) is 6.52. The van der Waals surface area contributed by atoms with Crippen molar-refractivity contribution in [2.24, 2.45) is 4.99 Å². The van der Waals surface area contributed by atoms with Crippen LogP contribution in [0, 0.1) is 5.82 Å². The normalized spacial score (nSPS) is 15.8. The molecule has 0 saturated carbocycles. The van der Waals surface area contributed by atoms with E-state index in [1.54, 1.807) is 6.20 Å². The first-order valence-corrected chi connectivity index (χ1v) is 9.95. The van der Waals surface area contributed by atoms with Crippen LogP contribution < -0.4 is 15.5 Å². The van der Waals surface area contributed by atoms with Gasteiger partial charge in [0.2, 0.25) is 0 Å². The Balaban J connectivity index is 1.59. The smallest absolute Gasteiger partial charge is 0.354 e. The van der Waals surface area contributed by atoms with E-state index in [0.717, 1.165) is 49.7 Å². The summed E-state index contributed by atoms with van der Waals surface area (Å²) in [5.74, 6) is 0.319. The predicted molar refractivity (Wildman–Crippen MR) is 112 cm³/mol. The second-order valence-electron chi connectivity index (χ2n) is 7.39. The largest absolute Gasteiger partial charge is 0.416 e. The molecule has 2 heterocycles. The van der Waals surface area contributed by atoms with Crippen molar-refractivity contribution in [3.05, 3.63) is 59.0 Å². The van der Waals surface area contributed by atoms with Gasteiger partial charge in [-0.05, 0) is 42.4 Å². The van der Waals surface area contributed by atoms with Gasteiger partial charge >= 0.3 is 6.18 Å². The SMILES string of the molecule is CN=C(NCc1ccnc(N2CCN(C)CC2)c1)NCc1ccc(F)cc1C(F)(F)F. The number of rotatable bonds is 5. The van der Waals surface area contributed by atoms with Crippen molar-refractivity contribution in [3.63, 3.8) is 0 Å². The standard InChI is InChI=1S/C21H26F4N6/c1-26-20(29-14-16-3-4-17(22)12-18(16)21(23,24)25)28-13-15-5-6-27-19(11-15)31-9-7-30(2)8-10-31/h3-6,11-12H,7-10,13-14H2,1-2H3,(H2,26,28,29). The maximum atomic E-state index is 13.3. The van der Waals surface area contributed by atoms with Crippen LogP contribution in [0.4, 0.5) is 23.4 Å². The zero-order chi connectivity index (χ0) is 22.4. The first kappa shape index (κ1) is 22.8. The molecule has 1 fully saturated rings. The number of likely N-dealkylation sites (N-methyl/N-ethyl adjacent to an activating group) is 1. The van der Waals surface area contributed by atoms with E-state index in [9.17, 15) is 17.6 Å². The molecule has 3 rings (SSSR count). The van der Waals surface area contributed by atoms with Gasteiger partial charge in [-0.2, -0.15) is 13.2 Å². The summed E-state index contributed by atoms with van der Waals surface area (Å²) in [7, 11) is 3.63. The lowest BCUT2D eigenvalue weighted by molar-refractivity contribution is -0.138. The van der Waals surface area contributed by atoms with E-state index in [2.05, 4.69) is 37.5 Å². The van der Waals surface area contributed by atoms with E-state index < -0.39 is 17.6 Å². The molecule has 2 N–H and O–H groups in total. The van der Waals surface area contributed by atoms with Gasteiger partial charge in [-0.3, -0.25) is 4.99 Å². The van der Waals surface area contributed by atoms with Gasteiger partial charge in [0.15, 0.2) is 5.96 Å². The van der Waals surface area contributed by atoms with Gasteiger partial charge in [0.25, 0.3) is 0 Å². The first-order chi connectivity index (χ1) is 14.8. The molecule has 0 spiro atoms. The van der Waals surface area contributed by atoms with Crippen molar-refractivity contribution in [1.29, 1.82) is 0 Å². The number of halogens is 4. The summed E-state index contributed by atoms with van der Waals surface area (Å²) in [5, 5.41) is 5.95. The third-order valence-corrected chi connectivity index (χ3v) is 5.14. The van der Waals surface area contributed by atoms with Crippen molar-refractivity contribution in [1.82, 2.24) is 20.5 Å². The lowest BCUT2D eigenvalue weighted by atomic mass is 10.1. The molecule has 1 aliphatic heterocycles. The second kappa shape index (κ2) is 9.95. The van der Waals surface area contributed by atoms with Gasteiger partial charge in [-0.1, -0.05) is 6.07 Å². The molecule has 31 heavy (non-hydrogen) atoms. The number of alkyl halides is 3. The Bertz CT molecular complexity index is 907. The predicted octanol–water partition coefficient (Wildman–Crippen LogP) is 2.86. The van der Waals surface area contributed by atoms with Crippen LogP contribution >= 0.6 is 0 Å². The summed E-state index contributed by atoms with van der Waals surface area (Å²) in [4.78, 5) is 13.0. The molecule has 2 aromatic rings. The van der Waals surface area contributed by atoms with Gasteiger partial charge in [-0.25, -0.2) is 9.37 Å². The summed E-state index contributed by atoms with van der Waals surface area (Å²) in [6.07, 6.45) is -2.89. The zero-order valence-electron chi connectivity index (χ0n) is 17.5. The number of hydrogen-bond donors (Lipinski definition) is 2. The number of nitrogens with one attached hydrogen (secondary N) is 2. The molecule has 0 radical (unpaired) electrons. The van der Waals surface area contributed by atoms with E-state index in [-0.39, 0.29) is 12.1 Å². The lowest BCUT2D eigenvalue weighted by Crippen LogP contribution is -2.44. The highest BCUT2D eigenvalue weighted by atomic mass is 19.4. The Kier molecular flexibility index (Phi) is 7.32. The number of piperazine rings is 1. The maximum absolute atomic E-state index is 13.3. The molecule has 6 nitrogen and oxygen atoms in total. The summed E-state index contributed by atoms with van der Waals surface area (Å²) >= 11 is 0. The molecule has 0 aliphatic carbocycles. The number of pyridine rings is 1. The number of benzene rings is 1. The van der Waals surface area contributed by atoms with E-state index in [4.69, 9.17) is 0 Å². The Labute approximate surface area is 179 Å². The summed E-state index contributed by atoms with van der Waals surface area (Å²) in [6.45, 7) is 4.05. The molecule has 0 atom stereocenters. The van der Waals surface area contributed by atoms with Crippen LogP contribution in [0.1, 0.15) is 16.7 Å². The molecule has 1 aromatic carbocycles. The van der Waals surface area contributed by atoms with Crippen LogP contribution in [-0.4, -0.2) is 56.1 Å². The van der Waals surface area contributed by atoms with Crippen molar-refractivity contribution in [3.8, 4) is 0 Å². The average molecular weight is 438 g/mol. The van der Waals surface area contributed by atoms with Crippen molar-refractivity contribution < 1.29 is 17.6 Å². The average Bonchev–Trinajstić information content (AvgIpc) is 2.74. The van der Waals surface area contributed by atoms with E-state index in [1.165, 1.54) is 7.05 Å². The van der Waals surface area contributed by atoms with Crippen LogP contribution in [0.5, 0.6) is 0 Å². The third kappa shape index (κ3) is 6.30. The molecule has 0 bridgehead atoms. The topological polar surface area (TPSA) is 55.8 Å². The van der Waals surface area contributed by atoms with Gasteiger partial charge in [0.05, 0.1) is 5.56 Å². The lowest BCUT2D eigenvalue weighted by Gasteiger charge is -2.33. The van der Waals surface area contributed by atoms with Crippen molar-refractivity contribution in [2.45, 2.75) is 19.3 Å². The molecule has 1 aromatic heterocycles.